The maximum absolute atomic E-state index is 12.3. The van der Waals surface area contributed by atoms with E-state index in [-0.39, 0.29) is 11.7 Å². The van der Waals surface area contributed by atoms with Crippen LogP contribution in [-0.4, -0.2) is 28.3 Å². The highest BCUT2D eigenvalue weighted by molar-refractivity contribution is 6.06. The van der Waals surface area contributed by atoms with Crippen molar-refractivity contribution in [2.75, 3.05) is 6.61 Å². The second-order valence-corrected chi connectivity index (χ2v) is 8.60. The summed E-state index contributed by atoms with van der Waals surface area (Å²) in [7, 11) is 0. The van der Waals surface area contributed by atoms with Crippen LogP contribution in [0.15, 0.2) is 73.1 Å². The molecule has 1 amide bonds. The van der Waals surface area contributed by atoms with Gasteiger partial charge in [-0.05, 0) is 41.8 Å². The molecule has 0 saturated heterocycles. The highest BCUT2D eigenvalue weighted by Crippen LogP contribution is 2.28. The minimum Gasteiger partial charge on any atom is -0.494 e. The number of ether oxygens (including phenoxy) is 1. The molecule has 0 spiro atoms. The van der Waals surface area contributed by atoms with Gasteiger partial charge in [0.15, 0.2) is 0 Å². The molecule has 0 fully saturated rings. The molecule has 0 aliphatic carbocycles. The van der Waals surface area contributed by atoms with Crippen molar-refractivity contribution in [2.45, 2.75) is 26.7 Å². The van der Waals surface area contributed by atoms with Crippen molar-refractivity contribution in [3.8, 4) is 28.1 Å². The molecule has 7 nitrogen and oxygen atoms in total. The average molecular weight is 469 g/mol. The van der Waals surface area contributed by atoms with E-state index in [1.807, 2.05) is 62.4 Å². The molecule has 0 bridgehead atoms. The van der Waals surface area contributed by atoms with E-state index in [2.05, 4.69) is 10.4 Å². The van der Waals surface area contributed by atoms with E-state index in [0.717, 1.165) is 22.4 Å². The number of nitrogens with two attached hydrogens (primary N) is 1. The Morgan fingerprint density at radius 1 is 0.971 bits per heavy atom. The Morgan fingerprint density at radius 2 is 1.63 bits per heavy atom. The summed E-state index contributed by atoms with van der Waals surface area (Å²) >= 11 is 0. The van der Waals surface area contributed by atoms with Crippen LogP contribution in [0.3, 0.4) is 0 Å². The molecule has 0 atom stereocenters. The second kappa shape index (κ2) is 10.9. The van der Waals surface area contributed by atoms with E-state index < -0.39 is 5.91 Å². The lowest BCUT2D eigenvalue weighted by Crippen LogP contribution is -2.30. The van der Waals surface area contributed by atoms with E-state index in [9.17, 15) is 9.59 Å². The topological polar surface area (TPSA) is 107 Å². The largest absolute Gasteiger partial charge is 0.494 e. The number of Topliss-reactive ketones (excluding diaryl/α,β-unsaturated/α-hetero) is 1. The van der Waals surface area contributed by atoms with Crippen molar-refractivity contribution in [1.82, 2.24) is 15.4 Å². The van der Waals surface area contributed by atoms with Crippen LogP contribution in [0.4, 0.5) is 0 Å². The minimum absolute atomic E-state index is 0.0717. The lowest BCUT2D eigenvalue weighted by Gasteiger charge is -2.10. The first-order chi connectivity index (χ1) is 17.0. The SMILES string of the molecule is CC(C)C(=O)CCCOc1ccc(-c2ccc(-c3cc(C(=O)NN)c4cnccc4n3)cc2)cc1. The summed E-state index contributed by atoms with van der Waals surface area (Å²) in [6.45, 7) is 4.36. The van der Waals surface area contributed by atoms with E-state index >= 15 is 0 Å². The number of amides is 1. The van der Waals surface area contributed by atoms with Crippen molar-refractivity contribution in [3.05, 3.63) is 78.6 Å². The number of hydrogen-bond acceptors (Lipinski definition) is 6. The number of aromatic nitrogens is 2. The van der Waals surface area contributed by atoms with E-state index in [0.29, 0.717) is 41.6 Å². The van der Waals surface area contributed by atoms with Gasteiger partial charge >= 0.3 is 0 Å². The molecule has 178 valence electrons. The molecular formula is C28H28N4O3. The molecule has 35 heavy (non-hydrogen) atoms. The summed E-state index contributed by atoms with van der Waals surface area (Å²) in [4.78, 5) is 32.8. The van der Waals surface area contributed by atoms with Crippen LogP contribution >= 0.6 is 0 Å². The first-order valence-electron chi connectivity index (χ1n) is 11.6. The third-order valence-electron chi connectivity index (χ3n) is 5.83. The number of benzene rings is 2. The Hall–Kier alpha value is -4.10. The molecule has 2 aromatic heterocycles. The van der Waals surface area contributed by atoms with Crippen molar-refractivity contribution in [3.63, 3.8) is 0 Å². The lowest BCUT2D eigenvalue weighted by molar-refractivity contribution is -0.122. The smallest absolute Gasteiger partial charge is 0.265 e. The summed E-state index contributed by atoms with van der Waals surface area (Å²) < 4.78 is 5.77. The molecule has 4 rings (SSSR count). The number of hydrogen-bond donors (Lipinski definition) is 2. The van der Waals surface area contributed by atoms with Gasteiger partial charge in [-0.15, -0.1) is 0 Å². The van der Waals surface area contributed by atoms with Crippen LogP contribution < -0.4 is 16.0 Å². The third-order valence-corrected chi connectivity index (χ3v) is 5.83. The van der Waals surface area contributed by atoms with Gasteiger partial charge < -0.3 is 4.74 Å². The number of hydrazine groups is 1. The fourth-order valence-electron chi connectivity index (χ4n) is 3.78. The van der Waals surface area contributed by atoms with Gasteiger partial charge in [0.2, 0.25) is 0 Å². The highest BCUT2D eigenvalue weighted by Gasteiger charge is 2.13. The zero-order chi connectivity index (χ0) is 24.8. The molecule has 4 aromatic rings. The molecule has 2 heterocycles. The number of nitrogens with one attached hydrogen (secondary N) is 1. The standard InChI is InChI=1S/C28H28N4O3/c1-18(2)27(33)4-3-15-35-22-11-9-20(10-12-22)19-5-7-21(8-6-19)26-16-23(28(34)32-29)24-17-30-14-13-25(24)31-26/h5-14,16-18H,3-4,15,29H2,1-2H3,(H,32,34). The fraction of sp³-hybridized carbons (Fsp3) is 0.214. The predicted molar refractivity (Wildman–Crippen MR) is 137 cm³/mol. The summed E-state index contributed by atoms with van der Waals surface area (Å²) in [5.41, 5.74) is 6.95. The predicted octanol–water partition coefficient (Wildman–Crippen LogP) is 4.95. The van der Waals surface area contributed by atoms with Gasteiger partial charge in [0.1, 0.15) is 11.5 Å². The quantitative estimate of drug-likeness (QED) is 0.156. The van der Waals surface area contributed by atoms with Gasteiger partial charge in [-0.25, -0.2) is 10.8 Å². The molecular weight excluding hydrogens is 440 g/mol. The van der Waals surface area contributed by atoms with Gasteiger partial charge in [0.25, 0.3) is 5.91 Å². The fourth-order valence-corrected chi connectivity index (χ4v) is 3.78. The van der Waals surface area contributed by atoms with Gasteiger partial charge in [-0.1, -0.05) is 50.2 Å². The van der Waals surface area contributed by atoms with E-state index in [1.54, 1.807) is 24.5 Å². The summed E-state index contributed by atoms with van der Waals surface area (Å²) in [6.07, 6.45) is 4.51. The molecule has 0 aliphatic rings. The molecule has 0 radical (unpaired) electrons. The summed E-state index contributed by atoms with van der Waals surface area (Å²) in [5.74, 6) is 6.10. The first kappa shape index (κ1) is 24.0. The Balaban J connectivity index is 1.47. The number of nitrogen functional groups attached to an aromatic ring is 1. The van der Waals surface area contributed by atoms with Crippen LogP contribution in [0, 0.1) is 5.92 Å². The van der Waals surface area contributed by atoms with Crippen LogP contribution in [0.25, 0.3) is 33.3 Å². The van der Waals surface area contributed by atoms with E-state index in [1.165, 1.54) is 0 Å². The molecule has 0 aliphatic heterocycles. The molecule has 0 unspecified atom stereocenters. The molecule has 3 N–H and O–H groups in total. The summed E-state index contributed by atoms with van der Waals surface area (Å²) in [5, 5.41) is 0.643. The Bertz CT molecular complexity index is 1330. The number of carbonyl (C=O) groups is 2. The molecule has 7 heteroatoms. The molecule has 2 aromatic carbocycles. The van der Waals surface area contributed by atoms with Crippen LogP contribution in [0.1, 0.15) is 37.0 Å². The number of rotatable bonds is 9. The number of nitrogens with zero attached hydrogens (tertiary/aromatic N) is 2. The summed E-state index contributed by atoms with van der Waals surface area (Å²) in [6, 6.07) is 19.4. The average Bonchev–Trinajstić information content (AvgIpc) is 2.90. The van der Waals surface area contributed by atoms with Gasteiger partial charge in [0, 0.05) is 35.7 Å². The number of carbonyl (C=O) groups excluding carboxylic acids is 2. The maximum atomic E-state index is 12.3. The molecule has 0 saturated carbocycles. The van der Waals surface area contributed by atoms with Crippen LogP contribution in [0.2, 0.25) is 0 Å². The Kier molecular flexibility index (Phi) is 7.48. The maximum Gasteiger partial charge on any atom is 0.265 e. The van der Waals surface area contributed by atoms with Gasteiger partial charge in [-0.2, -0.15) is 0 Å². The first-order valence-corrected chi connectivity index (χ1v) is 11.6. The zero-order valence-corrected chi connectivity index (χ0v) is 19.8. The van der Waals surface area contributed by atoms with E-state index in [4.69, 9.17) is 15.6 Å². The normalized spacial score (nSPS) is 11.0. The lowest BCUT2D eigenvalue weighted by atomic mass is 10.0. The van der Waals surface area contributed by atoms with Crippen molar-refractivity contribution in [1.29, 1.82) is 0 Å². The van der Waals surface area contributed by atoms with Crippen LogP contribution in [-0.2, 0) is 4.79 Å². The third kappa shape index (κ3) is 5.70. The monoisotopic (exact) mass is 468 g/mol. The zero-order valence-electron chi connectivity index (χ0n) is 19.8. The van der Waals surface area contributed by atoms with Crippen molar-refractivity contribution >= 4 is 22.6 Å². The number of fused-ring (bicyclic) bond motifs is 1. The van der Waals surface area contributed by atoms with Gasteiger partial charge in [-0.3, -0.25) is 20.0 Å². The second-order valence-electron chi connectivity index (χ2n) is 8.60. The Labute approximate surface area is 204 Å². The highest BCUT2D eigenvalue weighted by atomic mass is 16.5. The number of ketones is 1. The minimum atomic E-state index is -0.392. The van der Waals surface area contributed by atoms with Crippen LogP contribution in [0.5, 0.6) is 5.75 Å². The van der Waals surface area contributed by atoms with Crippen molar-refractivity contribution in [2.24, 2.45) is 11.8 Å². The van der Waals surface area contributed by atoms with Crippen molar-refractivity contribution < 1.29 is 14.3 Å². The number of pyridine rings is 2. The van der Waals surface area contributed by atoms with Gasteiger partial charge in [0.05, 0.1) is 23.4 Å². The Morgan fingerprint density at radius 3 is 2.29 bits per heavy atom.